The first-order chi connectivity index (χ1) is 12.7. The average Bonchev–Trinajstić information content (AvgIpc) is 3.30. The Hall–Kier alpha value is -0.930. The van der Waals surface area contributed by atoms with Crippen molar-refractivity contribution in [2.75, 3.05) is 53.0 Å². The minimum atomic E-state index is -0.0876. The molecule has 3 aliphatic rings. The molecular formula is C20H30FIN4O. The van der Waals surface area contributed by atoms with Gasteiger partial charge in [0.1, 0.15) is 5.82 Å². The summed E-state index contributed by atoms with van der Waals surface area (Å²) in [5.41, 5.74) is 0.778. The van der Waals surface area contributed by atoms with Crippen molar-refractivity contribution in [2.24, 2.45) is 4.99 Å². The predicted octanol–water partition coefficient (Wildman–Crippen LogP) is 2.46. The summed E-state index contributed by atoms with van der Waals surface area (Å²) in [6.45, 7) is 6.52. The van der Waals surface area contributed by atoms with E-state index < -0.39 is 0 Å². The maximum atomic E-state index is 14.2. The number of ether oxygens (including phenoxy) is 1. The zero-order chi connectivity index (χ0) is 18.0. The molecule has 2 heterocycles. The van der Waals surface area contributed by atoms with Crippen LogP contribution in [-0.2, 0) is 10.2 Å². The lowest BCUT2D eigenvalue weighted by molar-refractivity contribution is 0.0195. The zero-order valence-corrected chi connectivity index (χ0v) is 18.3. The molecule has 3 fully saturated rings. The Morgan fingerprint density at radius 1 is 1.26 bits per heavy atom. The molecule has 2 aliphatic heterocycles. The largest absolute Gasteiger partial charge is 0.379 e. The summed E-state index contributed by atoms with van der Waals surface area (Å²) in [6.07, 6.45) is 3.24. The molecule has 1 aromatic carbocycles. The van der Waals surface area contributed by atoms with Crippen LogP contribution < -0.4 is 5.32 Å². The number of aliphatic imine (C=N–C) groups is 1. The second-order valence-corrected chi connectivity index (χ2v) is 7.70. The maximum Gasteiger partial charge on any atom is 0.193 e. The minimum absolute atomic E-state index is 0. The summed E-state index contributed by atoms with van der Waals surface area (Å²) in [7, 11) is 1.84. The van der Waals surface area contributed by atoms with Gasteiger partial charge in [-0.2, -0.15) is 0 Å². The van der Waals surface area contributed by atoms with Crippen molar-refractivity contribution in [1.82, 2.24) is 15.1 Å². The van der Waals surface area contributed by atoms with Gasteiger partial charge in [0.2, 0.25) is 0 Å². The molecule has 1 N–H and O–H groups in total. The van der Waals surface area contributed by atoms with Crippen molar-refractivity contribution < 1.29 is 9.13 Å². The number of nitrogens with one attached hydrogen (secondary N) is 1. The van der Waals surface area contributed by atoms with Crippen molar-refractivity contribution in [2.45, 2.75) is 30.7 Å². The van der Waals surface area contributed by atoms with Gasteiger partial charge in [0.05, 0.1) is 13.2 Å². The van der Waals surface area contributed by atoms with E-state index in [0.29, 0.717) is 6.04 Å². The zero-order valence-electron chi connectivity index (χ0n) is 16.0. The first-order valence-corrected chi connectivity index (χ1v) is 9.74. The van der Waals surface area contributed by atoms with Crippen molar-refractivity contribution >= 4 is 29.9 Å². The number of guanidine groups is 1. The lowest BCUT2D eigenvalue weighted by Gasteiger charge is -2.32. The third-order valence-corrected chi connectivity index (χ3v) is 6.12. The first-order valence-electron chi connectivity index (χ1n) is 9.74. The van der Waals surface area contributed by atoms with Crippen LogP contribution >= 0.6 is 24.0 Å². The average molecular weight is 488 g/mol. The molecule has 0 aromatic heterocycles. The van der Waals surface area contributed by atoms with Gasteiger partial charge < -0.3 is 15.0 Å². The van der Waals surface area contributed by atoms with E-state index in [2.05, 4.69) is 20.1 Å². The van der Waals surface area contributed by atoms with E-state index >= 15 is 0 Å². The summed E-state index contributed by atoms with van der Waals surface area (Å²) in [6, 6.07) is 7.77. The molecule has 2 saturated heterocycles. The normalized spacial score (nSPS) is 25.2. The number of hydrogen-bond acceptors (Lipinski definition) is 3. The number of benzene rings is 1. The number of morpholine rings is 1. The van der Waals surface area contributed by atoms with Gasteiger partial charge in [0, 0.05) is 51.2 Å². The van der Waals surface area contributed by atoms with Crippen LogP contribution in [0.4, 0.5) is 4.39 Å². The third-order valence-electron chi connectivity index (χ3n) is 6.12. The van der Waals surface area contributed by atoms with Gasteiger partial charge in [-0.15, -0.1) is 24.0 Å². The van der Waals surface area contributed by atoms with Crippen molar-refractivity contribution in [1.29, 1.82) is 0 Å². The van der Waals surface area contributed by atoms with Crippen LogP contribution in [0, 0.1) is 5.82 Å². The summed E-state index contributed by atoms with van der Waals surface area (Å²) < 4.78 is 19.7. The van der Waals surface area contributed by atoms with E-state index in [1.807, 2.05) is 19.2 Å². The van der Waals surface area contributed by atoms with Gasteiger partial charge >= 0.3 is 0 Å². The number of rotatable bonds is 4. The van der Waals surface area contributed by atoms with Crippen LogP contribution in [0.25, 0.3) is 0 Å². The van der Waals surface area contributed by atoms with Crippen molar-refractivity contribution in [3.8, 4) is 0 Å². The molecule has 1 saturated carbocycles. The molecule has 1 unspecified atom stereocenters. The molecule has 0 radical (unpaired) electrons. The maximum absolute atomic E-state index is 14.2. The van der Waals surface area contributed by atoms with E-state index in [1.165, 1.54) is 6.42 Å². The van der Waals surface area contributed by atoms with Crippen LogP contribution in [-0.4, -0.2) is 74.8 Å². The van der Waals surface area contributed by atoms with E-state index in [-0.39, 0.29) is 35.2 Å². The van der Waals surface area contributed by atoms with Crippen molar-refractivity contribution in [3.05, 3.63) is 35.6 Å². The molecule has 0 amide bonds. The molecule has 1 aliphatic carbocycles. The van der Waals surface area contributed by atoms with Crippen LogP contribution in [0.2, 0.25) is 0 Å². The number of nitrogens with zero attached hydrogens (tertiary/aromatic N) is 3. The Balaban J connectivity index is 0.00000210. The fraction of sp³-hybridized carbons (Fsp3) is 0.650. The van der Waals surface area contributed by atoms with Crippen LogP contribution in [0.3, 0.4) is 0 Å². The second kappa shape index (κ2) is 9.05. The molecule has 0 bridgehead atoms. The SMILES string of the molecule is CN=C(NCC1(c2ccccc2F)CC1)N1CCC(N2CCOCC2)C1.I. The fourth-order valence-electron chi connectivity index (χ4n) is 4.34. The molecule has 150 valence electrons. The molecule has 27 heavy (non-hydrogen) atoms. The smallest absolute Gasteiger partial charge is 0.193 e. The van der Waals surface area contributed by atoms with Gasteiger partial charge in [-0.25, -0.2) is 4.39 Å². The highest BCUT2D eigenvalue weighted by atomic mass is 127. The molecule has 1 atom stereocenters. The van der Waals surface area contributed by atoms with E-state index in [0.717, 1.165) is 70.3 Å². The highest BCUT2D eigenvalue weighted by molar-refractivity contribution is 14.0. The van der Waals surface area contributed by atoms with E-state index in [1.54, 1.807) is 12.1 Å². The van der Waals surface area contributed by atoms with E-state index in [4.69, 9.17) is 4.74 Å². The summed E-state index contributed by atoms with van der Waals surface area (Å²) >= 11 is 0. The van der Waals surface area contributed by atoms with Gasteiger partial charge in [0.15, 0.2) is 5.96 Å². The Bertz CT molecular complexity index is 661. The summed E-state index contributed by atoms with van der Waals surface area (Å²) in [4.78, 5) is 9.38. The molecule has 4 rings (SSSR count). The highest BCUT2D eigenvalue weighted by Crippen LogP contribution is 2.48. The molecular weight excluding hydrogens is 458 g/mol. The van der Waals surface area contributed by atoms with Crippen LogP contribution in [0.5, 0.6) is 0 Å². The monoisotopic (exact) mass is 488 g/mol. The lowest BCUT2D eigenvalue weighted by atomic mass is 9.95. The van der Waals surface area contributed by atoms with Crippen LogP contribution in [0.1, 0.15) is 24.8 Å². The quantitative estimate of drug-likeness (QED) is 0.402. The van der Waals surface area contributed by atoms with E-state index in [9.17, 15) is 4.39 Å². The second-order valence-electron chi connectivity index (χ2n) is 7.70. The Kier molecular flexibility index (Phi) is 6.97. The highest BCUT2D eigenvalue weighted by Gasteiger charge is 2.46. The number of likely N-dealkylation sites (tertiary alicyclic amines) is 1. The fourth-order valence-corrected chi connectivity index (χ4v) is 4.34. The van der Waals surface area contributed by atoms with Crippen molar-refractivity contribution in [3.63, 3.8) is 0 Å². The lowest BCUT2D eigenvalue weighted by Crippen LogP contribution is -2.47. The predicted molar refractivity (Wildman–Crippen MR) is 116 cm³/mol. The number of hydrogen-bond donors (Lipinski definition) is 1. The first kappa shape index (κ1) is 20.8. The standard InChI is InChI=1S/C20H29FN4O.HI/c1-22-19(25-9-6-16(14-25)24-10-12-26-13-11-24)23-15-20(7-8-20)17-4-2-3-5-18(17)21;/h2-5,16H,6-15H2,1H3,(H,22,23);1H. The Morgan fingerprint density at radius 2 is 2.00 bits per heavy atom. The minimum Gasteiger partial charge on any atom is -0.379 e. The van der Waals surface area contributed by atoms with Gasteiger partial charge in [-0.05, 0) is 30.9 Å². The summed E-state index contributed by atoms with van der Waals surface area (Å²) in [5.74, 6) is 0.860. The molecule has 7 heteroatoms. The van der Waals surface area contributed by atoms with Gasteiger partial charge in [-0.3, -0.25) is 9.89 Å². The number of halogens is 2. The van der Waals surface area contributed by atoms with Crippen LogP contribution in [0.15, 0.2) is 29.3 Å². The Labute approximate surface area is 178 Å². The molecule has 5 nitrogen and oxygen atoms in total. The molecule has 1 aromatic rings. The third kappa shape index (κ3) is 4.56. The Morgan fingerprint density at radius 3 is 2.67 bits per heavy atom. The summed E-state index contributed by atoms with van der Waals surface area (Å²) in [5, 5.41) is 3.53. The van der Waals surface area contributed by atoms with Gasteiger partial charge in [-0.1, -0.05) is 18.2 Å². The topological polar surface area (TPSA) is 40.1 Å². The molecule has 0 spiro atoms. The van der Waals surface area contributed by atoms with Gasteiger partial charge in [0.25, 0.3) is 0 Å².